The maximum absolute atomic E-state index is 12.3. The van der Waals surface area contributed by atoms with E-state index in [-0.39, 0.29) is 11.8 Å². The Kier molecular flexibility index (Phi) is 4.64. The monoisotopic (exact) mass is 304 g/mol. The van der Waals surface area contributed by atoms with Crippen molar-refractivity contribution in [1.82, 2.24) is 0 Å². The standard InChI is InChI=1S/C17H24N2O3/c1-12-11-13(19-7-9-22-10-8-19)5-6-15(12)18-17(21)14-3-2-4-16(14)20/h5-6,11,14,16,20H,2-4,7-10H2,1H3,(H,18,21). The molecule has 5 nitrogen and oxygen atoms in total. The van der Waals surface area contributed by atoms with E-state index in [1.165, 1.54) is 5.69 Å². The highest BCUT2D eigenvalue weighted by Gasteiger charge is 2.31. The van der Waals surface area contributed by atoms with Crippen molar-refractivity contribution in [1.29, 1.82) is 0 Å². The van der Waals surface area contributed by atoms with E-state index >= 15 is 0 Å². The molecule has 1 aromatic carbocycles. The lowest BCUT2D eigenvalue weighted by Gasteiger charge is -2.29. The topological polar surface area (TPSA) is 61.8 Å². The summed E-state index contributed by atoms with van der Waals surface area (Å²) in [5, 5.41) is 12.8. The van der Waals surface area contributed by atoms with Gasteiger partial charge in [0.25, 0.3) is 0 Å². The number of hydrogen-bond donors (Lipinski definition) is 2. The van der Waals surface area contributed by atoms with Gasteiger partial charge in [-0.3, -0.25) is 4.79 Å². The predicted molar refractivity (Wildman–Crippen MR) is 86.2 cm³/mol. The highest BCUT2D eigenvalue weighted by molar-refractivity contribution is 5.94. The highest BCUT2D eigenvalue weighted by atomic mass is 16.5. The molecule has 1 amide bonds. The molecule has 1 aromatic rings. The van der Waals surface area contributed by atoms with Crippen LogP contribution in [-0.4, -0.2) is 43.4 Å². The average Bonchev–Trinajstić information content (AvgIpc) is 2.96. The number of hydrogen-bond acceptors (Lipinski definition) is 4. The van der Waals surface area contributed by atoms with Crippen LogP contribution in [0.4, 0.5) is 11.4 Å². The van der Waals surface area contributed by atoms with E-state index in [9.17, 15) is 9.90 Å². The molecule has 1 saturated heterocycles. The lowest BCUT2D eigenvalue weighted by molar-refractivity contribution is -0.122. The average molecular weight is 304 g/mol. The smallest absolute Gasteiger partial charge is 0.230 e. The molecule has 2 atom stereocenters. The lowest BCUT2D eigenvalue weighted by atomic mass is 10.0. The molecule has 22 heavy (non-hydrogen) atoms. The Morgan fingerprint density at radius 3 is 2.73 bits per heavy atom. The molecule has 2 unspecified atom stereocenters. The van der Waals surface area contributed by atoms with Crippen molar-refractivity contribution >= 4 is 17.3 Å². The summed E-state index contributed by atoms with van der Waals surface area (Å²) in [6.07, 6.45) is 1.94. The summed E-state index contributed by atoms with van der Waals surface area (Å²) in [5.74, 6) is -0.328. The molecule has 0 radical (unpaired) electrons. The Hall–Kier alpha value is -1.59. The summed E-state index contributed by atoms with van der Waals surface area (Å²) in [4.78, 5) is 14.6. The number of carbonyl (C=O) groups excluding carboxylic acids is 1. The number of aliphatic hydroxyl groups is 1. The van der Waals surface area contributed by atoms with Crippen molar-refractivity contribution in [2.24, 2.45) is 5.92 Å². The van der Waals surface area contributed by atoms with Crippen molar-refractivity contribution in [2.45, 2.75) is 32.3 Å². The van der Waals surface area contributed by atoms with Crippen molar-refractivity contribution in [3.05, 3.63) is 23.8 Å². The van der Waals surface area contributed by atoms with Crippen molar-refractivity contribution in [3.63, 3.8) is 0 Å². The molecule has 0 aromatic heterocycles. The number of aliphatic hydroxyl groups excluding tert-OH is 1. The van der Waals surface area contributed by atoms with Crippen molar-refractivity contribution in [3.8, 4) is 0 Å². The van der Waals surface area contributed by atoms with E-state index in [4.69, 9.17) is 4.74 Å². The number of ether oxygens (including phenoxy) is 1. The second kappa shape index (κ2) is 6.67. The molecule has 120 valence electrons. The lowest BCUT2D eigenvalue weighted by Crippen LogP contribution is -2.36. The zero-order valence-corrected chi connectivity index (χ0v) is 13.0. The number of aryl methyl sites for hydroxylation is 1. The minimum absolute atomic E-state index is 0.0628. The molecule has 0 bridgehead atoms. The molecule has 2 N–H and O–H groups in total. The predicted octanol–water partition coefficient (Wildman–Crippen LogP) is 1.93. The number of carbonyl (C=O) groups is 1. The van der Waals surface area contributed by atoms with E-state index in [2.05, 4.69) is 16.3 Å². The van der Waals surface area contributed by atoms with Crippen LogP contribution in [0.25, 0.3) is 0 Å². The zero-order chi connectivity index (χ0) is 15.5. The van der Waals surface area contributed by atoms with Gasteiger partial charge < -0.3 is 20.1 Å². The molecule has 3 rings (SSSR count). The molecule has 1 aliphatic carbocycles. The van der Waals surface area contributed by atoms with Gasteiger partial charge in [0.05, 0.1) is 25.2 Å². The van der Waals surface area contributed by atoms with Crippen molar-refractivity contribution in [2.75, 3.05) is 36.5 Å². The van der Waals surface area contributed by atoms with Gasteiger partial charge in [-0.1, -0.05) is 0 Å². The first kappa shape index (κ1) is 15.3. The summed E-state index contributed by atoms with van der Waals surface area (Å²) in [5.41, 5.74) is 3.05. The van der Waals surface area contributed by atoms with Gasteiger partial charge in [-0.05, 0) is 49.9 Å². The van der Waals surface area contributed by atoms with Crippen LogP contribution in [0.2, 0.25) is 0 Å². The third-order valence-corrected chi connectivity index (χ3v) is 4.66. The Balaban J connectivity index is 1.68. The summed E-state index contributed by atoms with van der Waals surface area (Å²) < 4.78 is 5.37. The van der Waals surface area contributed by atoms with Crippen molar-refractivity contribution < 1.29 is 14.6 Å². The first-order valence-corrected chi connectivity index (χ1v) is 8.07. The first-order valence-electron chi connectivity index (χ1n) is 8.07. The van der Waals surface area contributed by atoms with Crippen LogP contribution in [-0.2, 0) is 9.53 Å². The van der Waals surface area contributed by atoms with E-state index in [1.54, 1.807) is 0 Å². The van der Waals surface area contributed by atoms with E-state index in [0.717, 1.165) is 56.8 Å². The number of rotatable bonds is 3. The quantitative estimate of drug-likeness (QED) is 0.896. The van der Waals surface area contributed by atoms with E-state index < -0.39 is 6.10 Å². The Labute approximate surface area is 131 Å². The first-order chi connectivity index (χ1) is 10.6. The molecule has 0 spiro atoms. The fourth-order valence-electron chi connectivity index (χ4n) is 3.28. The van der Waals surface area contributed by atoms with Gasteiger partial charge in [0.1, 0.15) is 0 Å². The Morgan fingerprint density at radius 2 is 2.09 bits per heavy atom. The minimum Gasteiger partial charge on any atom is -0.392 e. The van der Waals surface area contributed by atoms with Crippen LogP contribution >= 0.6 is 0 Å². The molecule has 1 heterocycles. The normalized spacial score (nSPS) is 25.3. The van der Waals surface area contributed by atoms with Gasteiger partial charge in [-0.2, -0.15) is 0 Å². The largest absolute Gasteiger partial charge is 0.392 e. The number of anilines is 2. The number of nitrogens with zero attached hydrogens (tertiary/aromatic N) is 1. The van der Waals surface area contributed by atoms with Crippen LogP contribution < -0.4 is 10.2 Å². The number of amides is 1. The zero-order valence-electron chi connectivity index (χ0n) is 13.0. The van der Waals surface area contributed by atoms with Crippen LogP contribution in [0.5, 0.6) is 0 Å². The Morgan fingerprint density at radius 1 is 1.32 bits per heavy atom. The second-order valence-corrected chi connectivity index (χ2v) is 6.19. The van der Waals surface area contributed by atoms with Gasteiger partial charge in [-0.15, -0.1) is 0 Å². The molecule has 5 heteroatoms. The summed E-state index contributed by atoms with van der Waals surface area (Å²) in [6.45, 7) is 5.33. The maximum Gasteiger partial charge on any atom is 0.230 e. The second-order valence-electron chi connectivity index (χ2n) is 6.19. The van der Waals surface area contributed by atoms with Crippen LogP contribution in [0, 0.1) is 12.8 Å². The molecule has 2 aliphatic rings. The van der Waals surface area contributed by atoms with Crippen LogP contribution in [0.1, 0.15) is 24.8 Å². The van der Waals surface area contributed by atoms with Gasteiger partial charge in [0.15, 0.2) is 0 Å². The summed E-state index contributed by atoms with van der Waals surface area (Å²) >= 11 is 0. The summed E-state index contributed by atoms with van der Waals surface area (Å²) in [6, 6.07) is 6.10. The third kappa shape index (κ3) is 3.25. The molecular formula is C17H24N2O3. The van der Waals surface area contributed by atoms with Crippen LogP contribution in [0.3, 0.4) is 0 Å². The van der Waals surface area contributed by atoms with Gasteiger partial charge in [0, 0.05) is 24.5 Å². The van der Waals surface area contributed by atoms with E-state index in [1.807, 2.05) is 19.1 Å². The van der Waals surface area contributed by atoms with E-state index in [0.29, 0.717) is 0 Å². The van der Waals surface area contributed by atoms with Gasteiger partial charge in [0.2, 0.25) is 5.91 Å². The van der Waals surface area contributed by atoms with Gasteiger partial charge >= 0.3 is 0 Å². The molecule has 1 aliphatic heterocycles. The highest BCUT2D eigenvalue weighted by Crippen LogP contribution is 2.28. The molecular weight excluding hydrogens is 280 g/mol. The minimum atomic E-state index is -0.493. The van der Waals surface area contributed by atoms with Crippen LogP contribution in [0.15, 0.2) is 18.2 Å². The fraction of sp³-hybridized carbons (Fsp3) is 0.588. The SMILES string of the molecule is Cc1cc(N2CCOCC2)ccc1NC(=O)C1CCCC1O. The Bertz CT molecular complexity index is 541. The number of morpholine rings is 1. The molecule has 2 fully saturated rings. The summed E-state index contributed by atoms with van der Waals surface area (Å²) in [7, 11) is 0. The third-order valence-electron chi connectivity index (χ3n) is 4.66. The molecule has 1 saturated carbocycles. The number of benzene rings is 1. The number of nitrogens with one attached hydrogen (secondary N) is 1. The van der Waals surface area contributed by atoms with Gasteiger partial charge in [-0.25, -0.2) is 0 Å². The maximum atomic E-state index is 12.3. The fourth-order valence-corrected chi connectivity index (χ4v) is 3.28.